The van der Waals surface area contributed by atoms with Crippen LogP contribution in [0, 0.1) is 0 Å². The average molecular weight is 384 g/mol. The summed E-state index contributed by atoms with van der Waals surface area (Å²) in [6, 6.07) is 3.26. The van der Waals surface area contributed by atoms with Crippen LogP contribution < -0.4 is 11.1 Å². The van der Waals surface area contributed by atoms with Gasteiger partial charge in [-0.15, -0.1) is 0 Å². The lowest BCUT2D eigenvalue weighted by atomic mass is 9.92. The smallest absolute Gasteiger partial charge is 0.328 e. The van der Waals surface area contributed by atoms with Gasteiger partial charge in [0.1, 0.15) is 11.6 Å². The summed E-state index contributed by atoms with van der Waals surface area (Å²) in [5.74, 6) is -1.59. The Morgan fingerprint density at radius 1 is 1.25 bits per heavy atom. The van der Waals surface area contributed by atoms with Crippen LogP contribution in [0.1, 0.15) is 24.8 Å². The van der Waals surface area contributed by atoms with Gasteiger partial charge in [-0.1, -0.05) is 35.9 Å². The van der Waals surface area contributed by atoms with Gasteiger partial charge in [0.25, 0.3) is 0 Å². The van der Waals surface area contributed by atoms with E-state index >= 15 is 0 Å². The molecule has 0 aromatic heterocycles. The van der Waals surface area contributed by atoms with Gasteiger partial charge in [0.05, 0.1) is 7.11 Å². The van der Waals surface area contributed by atoms with Crippen molar-refractivity contribution in [2.24, 2.45) is 5.73 Å². The number of esters is 1. The SMILES string of the molecule is COC(=O)C(Cc1ccc(O)c(O)c1)NC(=O)C1(N)CC2=C(CC=CC=C2)C1. The first kappa shape index (κ1) is 19.7. The van der Waals surface area contributed by atoms with Crippen LogP contribution in [0.15, 0.2) is 53.6 Å². The molecule has 1 aromatic rings. The fourth-order valence-electron chi connectivity index (χ4n) is 3.59. The zero-order valence-corrected chi connectivity index (χ0v) is 15.6. The van der Waals surface area contributed by atoms with Gasteiger partial charge in [0.2, 0.25) is 5.91 Å². The van der Waals surface area contributed by atoms with Crippen molar-refractivity contribution in [3.05, 3.63) is 59.2 Å². The van der Waals surface area contributed by atoms with Crippen molar-refractivity contribution in [3.63, 3.8) is 0 Å². The highest BCUT2D eigenvalue weighted by Crippen LogP contribution is 2.37. The molecule has 0 bridgehead atoms. The number of nitrogens with one attached hydrogen (secondary N) is 1. The van der Waals surface area contributed by atoms with Crippen LogP contribution >= 0.6 is 0 Å². The standard InChI is InChI=1S/C21H24N2O5/c1-28-19(26)16(9-13-7-8-17(24)18(25)10-13)23-20(27)21(22)11-14-5-3-2-4-6-15(14)12-21/h2-5,7-8,10,16,24-25H,6,9,11-12,22H2,1H3,(H,23,27). The number of aromatic hydroxyl groups is 2. The molecule has 5 N–H and O–H groups in total. The van der Waals surface area contributed by atoms with Gasteiger partial charge in [-0.3, -0.25) is 4.79 Å². The van der Waals surface area contributed by atoms with Crippen LogP contribution in [0.25, 0.3) is 0 Å². The Kier molecular flexibility index (Phi) is 5.56. The molecule has 0 radical (unpaired) electrons. The third kappa shape index (κ3) is 4.09. The van der Waals surface area contributed by atoms with E-state index in [-0.39, 0.29) is 17.9 Å². The Balaban J connectivity index is 1.73. The fraction of sp³-hybridized carbons (Fsp3) is 0.333. The van der Waals surface area contributed by atoms with Crippen molar-refractivity contribution in [2.75, 3.05) is 7.11 Å². The summed E-state index contributed by atoms with van der Waals surface area (Å²) in [6.07, 6.45) is 9.57. The van der Waals surface area contributed by atoms with Crippen LogP contribution in [0.5, 0.6) is 11.5 Å². The van der Waals surface area contributed by atoms with E-state index in [0.29, 0.717) is 18.4 Å². The quantitative estimate of drug-likeness (QED) is 0.452. The Morgan fingerprint density at radius 3 is 2.75 bits per heavy atom. The Morgan fingerprint density at radius 2 is 2.04 bits per heavy atom. The molecule has 2 aliphatic carbocycles. The number of carbonyl (C=O) groups is 2. The van der Waals surface area contributed by atoms with Crippen molar-refractivity contribution in [2.45, 2.75) is 37.3 Å². The molecule has 1 amide bonds. The summed E-state index contributed by atoms with van der Waals surface area (Å²) >= 11 is 0. The van der Waals surface area contributed by atoms with E-state index in [2.05, 4.69) is 5.32 Å². The van der Waals surface area contributed by atoms with Crippen molar-refractivity contribution >= 4 is 11.9 Å². The van der Waals surface area contributed by atoms with Crippen molar-refractivity contribution in [1.29, 1.82) is 0 Å². The lowest BCUT2D eigenvalue weighted by molar-refractivity contribution is -0.145. The topological polar surface area (TPSA) is 122 Å². The number of allylic oxidation sites excluding steroid dienone is 4. The third-order valence-electron chi connectivity index (χ3n) is 5.12. The number of amides is 1. The van der Waals surface area contributed by atoms with Gasteiger partial charge < -0.3 is 26.0 Å². The molecule has 0 saturated carbocycles. The zero-order chi connectivity index (χ0) is 20.3. The molecule has 28 heavy (non-hydrogen) atoms. The summed E-state index contributed by atoms with van der Waals surface area (Å²) in [5.41, 5.74) is 8.02. The largest absolute Gasteiger partial charge is 0.504 e. The van der Waals surface area contributed by atoms with Crippen LogP contribution in [-0.4, -0.2) is 40.8 Å². The number of phenols is 2. The molecule has 3 rings (SSSR count). The van der Waals surface area contributed by atoms with E-state index in [9.17, 15) is 19.8 Å². The molecule has 7 nitrogen and oxygen atoms in total. The van der Waals surface area contributed by atoms with Crippen molar-refractivity contribution in [1.82, 2.24) is 5.32 Å². The van der Waals surface area contributed by atoms with Gasteiger partial charge in [0, 0.05) is 6.42 Å². The lowest BCUT2D eigenvalue weighted by Gasteiger charge is -2.26. The van der Waals surface area contributed by atoms with Crippen molar-refractivity contribution < 1.29 is 24.5 Å². The Bertz CT molecular complexity index is 887. The van der Waals surface area contributed by atoms with Crippen molar-refractivity contribution in [3.8, 4) is 11.5 Å². The molecule has 2 atom stereocenters. The van der Waals surface area contributed by atoms with Gasteiger partial charge in [-0.05, 0) is 42.5 Å². The number of phenolic OH excluding ortho intramolecular Hbond substituents is 2. The molecule has 0 heterocycles. The van der Waals surface area contributed by atoms with E-state index in [1.54, 1.807) is 6.07 Å². The minimum atomic E-state index is -1.12. The monoisotopic (exact) mass is 384 g/mol. The van der Waals surface area contributed by atoms with E-state index < -0.39 is 23.5 Å². The number of ether oxygens (including phenoxy) is 1. The number of rotatable bonds is 5. The first-order valence-electron chi connectivity index (χ1n) is 9.05. The number of nitrogens with two attached hydrogens (primary N) is 1. The molecule has 2 unspecified atom stereocenters. The van der Waals surface area contributed by atoms with Crippen LogP contribution in [-0.2, 0) is 20.7 Å². The molecular weight excluding hydrogens is 360 g/mol. The molecule has 0 spiro atoms. The van der Waals surface area contributed by atoms with Crippen LogP contribution in [0.3, 0.4) is 0 Å². The normalized spacial score (nSPS) is 21.8. The first-order chi connectivity index (χ1) is 13.3. The van der Waals surface area contributed by atoms with Gasteiger partial charge in [-0.25, -0.2) is 4.79 Å². The molecule has 0 fully saturated rings. The molecule has 0 saturated heterocycles. The number of carbonyl (C=O) groups excluding carboxylic acids is 2. The highest BCUT2D eigenvalue weighted by molar-refractivity contribution is 5.92. The zero-order valence-electron chi connectivity index (χ0n) is 15.6. The second-order valence-electron chi connectivity index (χ2n) is 7.21. The van der Waals surface area contributed by atoms with Gasteiger partial charge in [0.15, 0.2) is 11.5 Å². The van der Waals surface area contributed by atoms with E-state index in [0.717, 1.165) is 17.6 Å². The highest BCUT2D eigenvalue weighted by Gasteiger charge is 2.42. The van der Waals surface area contributed by atoms with E-state index in [4.69, 9.17) is 10.5 Å². The molecule has 7 heteroatoms. The summed E-state index contributed by atoms with van der Waals surface area (Å²) < 4.78 is 4.81. The minimum absolute atomic E-state index is 0.0954. The maximum Gasteiger partial charge on any atom is 0.328 e. The molecule has 1 aromatic carbocycles. The highest BCUT2D eigenvalue weighted by atomic mass is 16.5. The van der Waals surface area contributed by atoms with Gasteiger partial charge >= 0.3 is 5.97 Å². The molecular formula is C21H24N2O5. The van der Waals surface area contributed by atoms with Crippen LogP contribution in [0.4, 0.5) is 0 Å². The average Bonchev–Trinajstić information content (AvgIpc) is 2.85. The molecule has 148 valence electrons. The predicted molar refractivity (Wildman–Crippen MR) is 103 cm³/mol. The second-order valence-corrected chi connectivity index (χ2v) is 7.21. The van der Waals surface area contributed by atoms with Crippen LogP contribution in [0.2, 0.25) is 0 Å². The fourth-order valence-corrected chi connectivity index (χ4v) is 3.59. The predicted octanol–water partition coefficient (Wildman–Crippen LogP) is 1.60. The lowest BCUT2D eigenvalue weighted by Crippen LogP contribution is -2.57. The summed E-state index contributed by atoms with van der Waals surface area (Å²) in [5, 5.41) is 21.8. The summed E-state index contributed by atoms with van der Waals surface area (Å²) in [6.45, 7) is 0. The maximum atomic E-state index is 12.9. The molecule has 2 aliphatic rings. The Labute approximate surface area is 163 Å². The number of hydrogen-bond donors (Lipinski definition) is 4. The maximum absolute atomic E-state index is 12.9. The number of methoxy groups -OCH3 is 1. The third-order valence-corrected chi connectivity index (χ3v) is 5.12. The summed E-state index contributed by atoms with van der Waals surface area (Å²) in [7, 11) is 1.24. The second kappa shape index (κ2) is 7.90. The number of benzene rings is 1. The van der Waals surface area contributed by atoms with E-state index in [1.165, 1.54) is 19.2 Å². The number of hydrogen-bond acceptors (Lipinski definition) is 6. The minimum Gasteiger partial charge on any atom is -0.504 e. The van der Waals surface area contributed by atoms with Gasteiger partial charge in [-0.2, -0.15) is 0 Å². The summed E-state index contributed by atoms with van der Waals surface area (Å²) in [4.78, 5) is 25.1. The Hall–Kier alpha value is -3.06. The first-order valence-corrected chi connectivity index (χ1v) is 9.05. The molecule has 0 aliphatic heterocycles. The van der Waals surface area contributed by atoms with E-state index in [1.807, 2.05) is 24.3 Å².